The number of aryl methyl sites for hydroxylation is 1. The molecular formula is C62H113ClF3N11. The minimum absolute atomic E-state index is 0.196. The first-order chi connectivity index (χ1) is 36.4. The van der Waals surface area contributed by atoms with Crippen LogP contribution in [0.1, 0.15) is 111 Å². The first-order valence-electron chi connectivity index (χ1n) is 30.1. The molecule has 0 radical (unpaired) electrons. The lowest BCUT2D eigenvalue weighted by molar-refractivity contribution is -0.137. The highest BCUT2D eigenvalue weighted by atomic mass is 35.5. The van der Waals surface area contributed by atoms with Crippen molar-refractivity contribution in [2.45, 2.75) is 161 Å². The molecule has 15 heteroatoms. The molecule has 4 rings (SSSR count). The van der Waals surface area contributed by atoms with Crippen molar-refractivity contribution in [2.24, 2.45) is 17.8 Å². The SMILES string of the molecule is CC[C@H](C)[C@H]1CN(C)CCN(C)CCN(C)[C@@H](Cc2ccc(Cl)cc2)CN(C)CCN[C@@H](CCc2ccc(C(F)(F)F)cc2)CN2CCC[C@H]2CN(C)[C@@H](C(C)C)CN(C)[C@@H](CC(C)C)CN[C@H](C)CCN(C)[C@@H](C)CN1. The Morgan fingerprint density at radius 1 is 0.623 bits per heavy atom. The van der Waals surface area contributed by atoms with E-state index in [4.69, 9.17) is 11.6 Å². The average molecular weight is 1110 g/mol. The summed E-state index contributed by atoms with van der Waals surface area (Å²) in [5.41, 5.74) is 1.65. The smallest absolute Gasteiger partial charge is 0.313 e. The van der Waals surface area contributed by atoms with E-state index in [0.29, 0.717) is 60.0 Å². The van der Waals surface area contributed by atoms with Crippen LogP contribution >= 0.6 is 11.6 Å². The second kappa shape index (κ2) is 34.5. The van der Waals surface area contributed by atoms with Gasteiger partial charge < -0.3 is 50.2 Å². The number of nitrogens with one attached hydrogen (secondary N) is 3. The van der Waals surface area contributed by atoms with E-state index in [-0.39, 0.29) is 6.04 Å². The number of nitrogens with zero attached hydrogens (tertiary/aromatic N) is 8. The fourth-order valence-corrected chi connectivity index (χ4v) is 11.8. The van der Waals surface area contributed by atoms with Gasteiger partial charge in [-0.05, 0) is 174 Å². The van der Waals surface area contributed by atoms with Gasteiger partial charge in [0.1, 0.15) is 0 Å². The van der Waals surface area contributed by atoms with Crippen molar-refractivity contribution in [3.05, 3.63) is 70.2 Å². The summed E-state index contributed by atoms with van der Waals surface area (Å²) < 4.78 is 40.6. The van der Waals surface area contributed by atoms with Gasteiger partial charge in [-0.2, -0.15) is 13.2 Å². The third-order valence-electron chi connectivity index (χ3n) is 17.7. The van der Waals surface area contributed by atoms with Crippen molar-refractivity contribution in [3.63, 3.8) is 0 Å². The van der Waals surface area contributed by atoms with Crippen molar-refractivity contribution in [3.8, 4) is 0 Å². The lowest BCUT2D eigenvalue weighted by Crippen LogP contribution is -2.53. The Labute approximate surface area is 474 Å². The van der Waals surface area contributed by atoms with Crippen LogP contribution in [-0.2, 0) is 19.0 Å². The molecule has 0 amide bonds. The molecule has 0 saturated carbocycles. The molecule has 0 aliphatic carbocycles. The summed E-state index contributed by atoms with van der Waals surface area (Å²) in [4.78, 5) is 20.6. The number of hydrogen-bond acceptors (Lipinski definition) is 11. The lowest BCUT2D eigenvalue weighted by atomic mass is 9.98. The molecule has 0 unspecified atom stereocenters. The minimum Gasteiger partial charge on any atom is -0.313 e. The fraction of sp³-hybridized carbons (Fsp3) is 0.806. The topological polar surface area (TPSA) is 62.0 Å². The van der Waals surface area contributed by atoms with Gasteiger partial charge >= 0.3 is 6.18 Å². The summed E-state index contributed by atoms with van der Waals surface area (Å²) in [5.74, 6) is 1.69. The number of benzene rings is 2. The minimum atomic E-state index is -4.34. The summed E-state index contributed by atoms with van der Waals surface area (Å²) in [6.07, 6.45) is 3.95. The van der Waals surface area contributed by atoms with Gasteiger partial charge in [0.15, 0.2) is 0 Å². The lowest BCUT2D eigenvalue weighted by Gasteiger charge is -2.40. The Kier molecular flexibility index (Phi) is 30.3. The molecule has 0 bridgehead atoms. The van der Waals surface area contributed by atoms with E-state index in [1.54, 1.807) is 12.1 Å². The van der Waals surface area contributed by atoms with Crippen LogP contribution in [0.15, 0.2) is 48.5 Å². The molecule has 2 fully saturated rings. The highest BCUT2D eigenvalue weighted by molar-refractivity contribution is 6.30. The molecule has 0 spiro atoms. The number of hydrogen-bond donors (Lipinski definition) is 3. The van der Waals surface area contributed by atoms with E-state index in [2.05, 4.69) is 172 Å². The molecule has 2 aliphatic rings. The zero-order valence-electron chi connectivity index (χ0n) is 51.3. The van der Waals surface area contributed by atoms with E-state index in [1.807, 2.05) is 12.1 Å². The fourth-order valence-electron chi connectivity index (χ4n) is 11.6. The molecule has 444 valence electrons. The maximum absolute atomic E-state index is 13.5. The summed E-state index contributed by atoms with van der Waals surface area (Å²) in [6, 6.07) is 17.3. The van der Waals surface area contributed by atoms with Crippen LogP contribution in [0.2, 0.25) is 5.02 Å². The monoisotopic (exact) mass is 1100 g/mol. The zero-order valence-corrected chi connectivity index (χ0v) is 52.1. The molecule has 2 aromatic rings. The highest BCUT2D eigenvalue weighted by Crippen LogP contribution is 2.30. The highest BCUT2D eigenvalue weighted by Gasteiger charge is 2.33. The maximum Gasteiger partial charge on any atom is 0.416 e. The largest absolute Gasteiger partial charge is 0.416 e. The second-order valence-corrected chi connectivity index (χ2v) is 25.7. The van der Waals surface area contributed by atoms with Crippen molar-refractivity contribution in [1.82, 2.24) is 55.1 Å². The second-order valence-electron chi connectivity index (χ2n) is 25.3. The van der Waals surface area contributed by atoms with Crippen LogP contribution in [0.4, 0.5) is 13.2 Å². The number of rotatable bonds is 10. The van der Waals surface area contributed by atoms with E-state index < -0.39 is 11.7 Å². The van der Waals surface area contributed by atoms with Crippen LogP contribution < -0.4 is 16.0 Å². The van der Waals surface area contributed by atoms with Gasteiger partial charge in [0, 0.05) is 138 Å². The Bertz CT molecular complexity index is 1860. The van der Waals surface area contributed by atoms with Crippen LogP contribution in [0.5, 0.6) is 0 Å². The molecule has 2 heterocycles. The van der Waals surface area contributed by atoms with Gasteiger partial charge in [0.05, 0.1) is 5.56 Å². The summed E-state index contributed by atoms with van der Waals surface area (Å²) in [7, 11) is 16.1. The van der Waals surface area contributed by atoms with Gasteiger partial charge in [-0.15, -0.1) is 0 Å². The number of alkyl halides is 3. The van der Waals surface area contributed by atoms with Gasteiger partial charge in [0.25, 0.3) is 0 Å². The Morgan fingerprint density at radius 2 is 1.27 bits per heavy atom. The Morgan fingerprint density at radius 3 is 1.92 bits per heavy atom. The average Bonchev–Trinajstić information content (AvgIpc) is 3.82. The van der Waals surface area contributed by atoms with Crippen molar-refractivity contribution < 1.29 is 13.2 Å². The molecule has 2 aliphatic heterocycles. The van der Waals surface area contributed by atoms with Crippen molar-refractivity contribution in [1.29, 1.82) is 0 Å². The van der Waals surface area contributed by atoms with Gasteiger partial charge in [-0.25, -0.2) is 0 Å². The number of fused-ring (bicyclic) bond motifs is 1. The number of likely N-dealkylation sites (N-methyl/N-ethyl adjacent to an activating group) is 7. The molecular weight excluding hydrogens is 991 g/mol. The summed E-state index contributed by atoms with van der Waals surface area (Å²) >= 11 is 6.36. The van der Waals surface area contributed by atoms with Crippen molar-refractivity contribution >= 4 is 11.6 Å². The van der Waals surface area contributed by atoms with Gasteiger partial charge in [-0.3, -0.25) is 4.90 Å². The van der Waals surface area contributed by atoms with Crippen LogP contribution in [0.3, 0.4) is 0 Å². The number of halogens is 4. The maximum atomic E-state index is 13.5. The zero-order chi connectivity index (χ0) is 56.8. The van der Waals surface area contributed by atoms with Gasteiger partial charge in [0.2, 0.25) is 0 Å². The molecule has 2 saturated heterocycles. The molecule has 9 atom stereocenters. The Balaban J connectivity index is 1.57. The predicted octanol–water partition coefficient (Wildman–Crippen LogP) is 9.06. The first kappa shape index (κ1) is 67.6. The predicted molar refractivity (Wildman–Crippen MR) is 323 cm³/mol. The molecule has 11 nitrogen and oxygen atoms in total. The van der Waals surface area contributed by atoms with E-state index in [1.165, 1.54) is 30.5 Å². The van der Waals surface area contributed by atoms with Crippen LogP contribution in [-0.4, -0.2) is 235 Å². The van der Waals surface area contributed by atoms with Crippen LogP contribution in [0.25, 0.3) is 0 Å². The standard InChI is InChI=1S/C62H113ClF3N11/c1-16-49(6)60-45-72(11)35-34-70(9)36-37-74(13)59(39-53-21-26-55(63)27-22-53)43-71(10)33-30-67-56(28-23-52-19-24-54(25-20-52)62(64,65)66)42-77-31-17-18-57(77)44-76(15)61(48(4)5)46-75(14)58(38-47(2)3)41-68-50(7)29-32-73(12)51(8)40-69-60/h19-22,24-27,47-51,56-61,67-69H,16-18,23,28-46H2,1-15H3/t49-,50+,51-,56-,57-,58-,59-,60+,61+/m0/s1. The molecule has 2 aromatic carbocycles. The molecule has 0 aromatic heterocycles. The quantitative estimate of drug-likeness (QED) is 0.214. The van der Waals surface area contributed by atoms with Crippen molar-refractivity contribution in [2.75, 3.05) is 148 Å². The first-order valence-corrected chi connectivity index (χ1v) is 30.5. The van der Waals surface area contributed by atoms with E-state index in [9.17, 15) is 13.2 Å². The third kappa shape index (κ3) is 25.0. The normalized spacial score (nSPS) is 28.7. The molecule has 3 N–H and O–H groups in total. The van der Waals surface area contributed by atoms with E-state index >= 15 is 0 Å². The Hall–Kier alpha value is -1.92. The summed E-state index contributed by atoms with van der Waals surface area (Å²) in [5, 5.41) is 12.8. The van der Waals surface area contributed by atoms with E-state index in [0.717, 1.165) is 147 Å². The van der Waals surface area contributed by atoms with Crippen LogP contribution in [0, 0.1) is 17.8 Å². The molecule has 77 heavy (non-hydrogen) atoms. The summed E-state index contributed by atoms with van der Waals surface area (Å²) in [6.45, 7) is 33.7. The van der Waals surface area contributed by atoms with Gasteiger partial charge in [-0.1, -0.05) is 83.8 Å². The third-order valence-corrected chi connectivity index (χ3v) is 18.0.